The number of thiazole rings is 1. The first-order valence-corrected chi connectivity index (χ1v) is 13.3. The summed E-state index contributed by atoms with van der Waals surface area (Å²) in [6, 6.07) is 11.3. The summed E-state index contributed by atoms with van der Waals surface area (Å²) >= 11 is 1.22. The topological polar surface area (TPSA) is 105 Å². The molecule has 1 atom stereocenters. The molecule has 0 saturated heterocycles. The molecule has 10 heteroatoms. The van der Waals surface area contributed by atoms with Gasteiger partial charge >= 0.3 is 11.9 Å². The third-order valence-electron chi connectivity index (χ3n) is 6.04. The number of rotatable bonds is 9. The lowest BCUT2D eigenvalue weighted by molar-refractivity contribution is -0.139. The molecule has 0 spiro atoms. The second-order valence-electron chi connectivity index (χ2n) is 8.69. The molecule has 2 aromatic carbocycles. The lowest BCUT2D eigenvalue weighted by Crippen LogP contribution is -2.40. The Labute approximate surface area is 229 Å². The van der Waals surface area contributed by atoms with E-state index in [0.29, 0.717) is 55.4 Å². The Balaban J connectivity index is 2.01. The van der Waals surface area contributed by atoms with Crippen LogP contribution in [0.2, 0.25) is 0 Å². The van der Waals surface area contributed by atoms with Crippen molar-refractivity contribution in [3.8, 4) is 17.2 Å². The zero-order valence-electron chi connectivity index (χ0n) is 22.5. The van der Waals surface area contributed by atoms with Crippen LogP contribution < -0.4 is 29.1 Å². The molecule has 9 nitrogen and oxygen atoms in total. The molecule has 3 aromatic rings. The minimum Gasteiger partial charge on any atom is -0.497 e. The first kappa shape index (κ1) is 27.8. The number of ether oxygens (including phenoxy) is 4. The Bertz CT molecular complexity index is 1620. The Kier molecular flexibility index (Phi) is 8.65. The average Bonchev–Trinajstić information content (AvgIpc) is 3.21. The molecule has 0 unspecified atom stereocenters. The van der Waals surface area contributed by atoms with Crippen LogP contribution in [0.5, 0.6) is 17.2 Å². The number of nitrogens with zero attached hydrogens (tertiary/aromatic N) is 2. The summed E-state index contributed by atoms with van der Waals surface area (Å²) in [5.74, 6) is 0.436. The normalized spacial score (nSPS) is 14.9. The third-order valence-corrected chi connectivity index (χ3v) is 7.02. The van der Waals surface area contributed by atoms with Crippen molar-refractivity contribution in [3.63, 3.8) is 0 Å². The van der Waals surface area contributed by atoms with E-state index in [1.807, 2.05) is 6.92 Å². The van der Waals surface area contributed by atoms with Gasteiger partial charge in [-0.2, -0.15) is 0 Å². The maximum absolute atomic E-state index is 14.0. The van der Waals surface area contributed by atoms with E-state index < -0.39 is 18.0 Å². The molecule has 0 bridgehead atoms. The fourth-order valence-corrected chi connectivity index (χ4v) is 5.47. The predicted molar refractivity (Wildman–Crippen MR) is 147 cm³/mol. The smallest absolute Gasteiger partial charge is 0.338 e. The second kappa shape index (κ2) is 12.1. The molecule has 1 aliphatic heterocycles. The number of carbonyl (C=O) groups is 2. The molecule has 2 heterocycles. The number of allylic oxidation sites excluding steroid dienone is 1. The lowest BCUT2D eigenvalue weighted by Gasteiger charge is -2.27. The first-order valence-electron chi connectivity index (χ1n) is 12.5. The van der Waals surface area contributed by atoms with Crippen molar-refractivity contribution >= 4 is 29.4 Å². The van der Waals surface area contributed by atoms with Gasteiger partial charge in [0.1, 0.15) is 23.3 Å². The van der Waals surface area contributed by atoms with Crippen molar-refractivity contribution in [2.45, 2.75) is 39.7 Å². The van der Waals surface area contributed by atoms with Crippen LogP contribution in [-0.2, 0) is 14.3 Å². The summed E-state index contributed by atoms with van der Waals surface area (Å²) in [6.07, 6.45) is 2.97. The van der Waals surface area contributed by atoms with Gasteiger partial charge in [-0.25, -0.2) is 9.79 Å². The maximum atomic E-state index is 14.0. The van der Waals surface area contributed by atoms with Crippen LogP contribution in [0.1, 0.15) is 50.8 Å². The molecule has 0 radical (unpaired) electrons. The van der Waals surface area contributed by atoms with Gasteiger partial charge in [-0.15, -0.1) is 0 Å². The lowest BCUT2D eigenvalue weighted by atomic mass is 9.93. The summed E-state index contributed by atoms with van der Waals surface area (Å²) in [4.78, 5) is 44.0. The van der Waals surface area contributed by atoms with E-state index >= 15 is 0 Å². The van der Waals surface area contributed by atoms with Gasteiger partial charge in [-0.3, -0.25) is 14.2 Å². The fraction of sp³-hybridized carbons (Fsp3) is 0.310. The minimum absolute atomic E-state index is 0.173. The molecule has 4 rings (SSSR count). The molecule has 1 aliphatic rings. The van der Waals surface area contributed by atoms with Gasteiger partial charge in [0.05, 0.1) is 36.6 Å². The summed E-state index contributed by atoms with van der Waals surface area (Å²) in [5.41, 5.74) is 1.78. The molecule has 204 valence electrons. The van der Waals surface area contributed by atoms with E-state index in [0.717, 1.165) is 6.42 Å². The van der Waals surface area contributed by atoms with Crippen molar-refractivity contribution < 1.29 is 28.5 Å². The SMILES string of the molecule is CCCC1=C(C(=O)OCC)[C@H](c2cc(OC)ccc2OC)n2c(s/c(=C\c3cccc(OC(C)=O)c3)c2=O)=N1. The van der Waals surface area contributed by atoms with Gasteiger partial charge in [0.2, 0.25) is 0 Å². The number of fused-ring (bicyclic) bond motifs is 1. The van der Waals surface area contributed by atoms with Gasteiger partial charge in [0, 0.05) is 12.5 Å². The quantitative estimate of drug-likeness (QED) is 0.297. The molecule has 39 heavy (non-hydrogen) atoms. The second-order valence-corrected chi connectivity index (χ2v) is 9.70. The zero-order chi connectivity index (χ0) is 28.1. The van der Waals surface area contributed by atoms with Crippen molar-refractivity contribution in [2.24, 2.45) is 4.99 Å². The Morgan fingerprint density at radius 2 is 1.87 bits per heavy atom. The van der Waals surface area contributed by atoms with E-state index in [2.05, 4.69) is 0 Å². The van der Waals surface area contributed by atoms with E-state index in [1.165, 1.54) is 29.9 Å². The number of benzene rings is 2. The van der Waals surface area contributed by atoms with Crippen LogP contribution in [0, 0.1) is 0 Å². The van der Waals surface area contributed by atoms with Crippen LogP contribution in [0.25, 0.3) is 6.08 Å². The van der Waals surface area contributed by atoms with Crippen molar-refractivity contribution in [3.05, 3.63) is 84.5 Å². The third kappa shape index (κ3) is 5.80. The number of esters is 2. The monoisotopic (exact) mass is 550 g/mol. The highest BCUT2D eigenvalue weighted by Crippen LogP contribution is 2.38. The summed E-state index contributed by atoms with van der Waals surface area (Å²) in [7, 11) is 3.08. The largest absolute Gasteiger partial charge is 0.497 e. The van der Waals surface area contributed by atoms with E-state index in [-0.39, 0.29) is 12.2 Å². The minimum atomic E-state index is -0.846. The molecular formula is C29H30N2O7S. The van der Waals surface area contributed by atoms with Crippen LogP contribution in [-0.4, -0.2) is 37.3 Å². The van der Waals surface area contributed by atoms with Crippen LogP contribution in [0.4, 0.5) is 0 Å². The first-order chi connectivity index (χ1) is 18.8. The van der Waals surface area contributed by atoms with E-state index in [4.69, 9.17) is 23.9 Å². The Morgan fingerprint density at radius 1 is 1.08 bits per heavy atom. The molecule has 0 saturated carbocycles. The standard InChI is InChI=1S/C29H30N2O7S/c1-6-9-22-25(28(34)37-7-2)26(21-16-19(35-4)12-13-23(21)36-5)31-27(33)24(39-29(31)30-22)15-18-10-8-11-20(14-18)38-17(3)32/h8,10-16,26H,6-7,9H2,1-5H3/b24-15-/t26-/m0/s1. The fourth-order valence-electron chi connectivity index (χ4n) is 4.45. The number of hydrogen-bond acceptors (Lipinski definition) is 9. The van der Waals surface area contributed by atoms with Crippen LogP contribution in [0.15, 0.2) is 63.5 Å². The Hall–Kier alpha value is -4.18. The van der Waals surface area contributed by atoms with Gasteiger partial charge in [-0.05, 0) is 55.3 Å². The zero-order valence-corrected chi connectivity index (χ0v) is 23.3. The molecular weight excluding hydrogens is 520 g/mol. The molecule has 0 N–H and O–H groups in total. The van der Waals surface area contributed by atoms with Gasteiger partial charge in [0.25, 0.3) is 5.56 Å². The number of carbonyl (C=O) groups excluding carboxylic acids is 2. The van der Waals surface area contributed by atoms with Crippen LogP contribution >= 0.6 is 11.3 Å². The van der Waals surface area contributed by atoms with Gasteiger partial charge in [-0.1, -0.05) is 36.8 Å². The van der Waals surface area contributed by atoms with Crippen LogP contribution in [0.3, 0.4) is 0 Å². The number of methoxy groups -OCH3 is 2. The molecule has 1 aromatic heterocycles. The van der Waals surface area contributed by atoms with Crippen molar-refractivity contribution in [2.75, 3.05) is 20.8 Å². The number of aromatic nitrogens is 1. The van der Waals surface area contributed by atoms with Gasteiger partial charge < -0.3 is 18.9 Å². The molecule has 0 amide bonds. The van der Waals surface area contributed by atoms with Crippen molar-refractivity contribution in [1.82, 2.24) is 4.57 Å². The highest BCUT2D eigenvalue weighted by atomic mass is 32.1. The highest BCUT2D eigenvalue weighted by Gasteiger charge is 2.36. The summed E-state index contributed by atoms with van der Waals surface area (Å²) < 4.78 is 23.7. The average molecular weight is 551 g/mol. The van der Waals surface area contributed by atoms with Crippen molar-refractivity contribution in [1.29, 1.82) is 0 Å². The molecule has 0 fully saturated rings. The van der Waals surface area contributed by atoms with E-state index in [9.17, 15) is 14.4 Å². The van der Waals surface area contributed by atoms with E-state index in [1.54, 1.807) is 62.6 Å². The summed E-state index contributed by atoms with van der Waals surface area (Å²) in [6.45, 7) is 5.23. The summed E-state index contributed by atoms with van der Waals surface area (Å²) in [5, 5.41) is 0. The number of hydrogen-bond donors (Lipinski definition) is 0. The highest BCUT2D eigenvalue weighted by molar-refractivity contribution is 7.07. The molecule has 0 aliphatic carbocycles. The maximum Gasteiger partial charge on any atom is 0.338 e. The van der Waals surface area contributed by atoms with Gasteiger partial charge in [0.15, 0.2) is 4.80 Å². The predicted octanol–water partition coefficient (Wildman–Crippen LogP) is 3.52. The Morgan fingerprint density at radius 3 is 2.54 bits per heavy atom.